The van der Waals surface area contributed by atoms with E-state index < -0.39 is 18.1 Å². The fourth-order valence-electron chi connectivity index (χ4n) is 7.08. The lowest BCUT2D eigenvalue weighted by Gasteiger charge is -2.31. The number of unbranched alkanes of at least 4 members (excludes halogenated alkanes) is 23. The number of carbonyl (C=O) groups excluding carboxylic acids is 2. The zero-order chi connectivity index (χ0) is 44.9. The summed E-state index contributed by atoms with van der Waals surface area (Å²) in [5.74, 6) is -1.50. The van der Waals surface area contributed by atoms with Crippen molar-refractivity contribution in [1.29, 1.82) is 0 Å². The van der Waals surface area contributed by atoms with Gasteiger partial charge in [0, 0.05) is 19.3 Å². The van der Waals surface area contributed by atoms with Gasteiger partial charge in [0.25, 0.3) is 0 Å². The SMILES string of the molecule is CCCCC/C=C/C=C/CCCCCCCCCCCCC(=O)OC(COCCC(C(=O)O)[N+](C)(C)C)COC(=O)CCCCCCC/C=C/C=C/C=C/CCCCCCC. The van der Waals surface area contributed by atoms with Crippen LogP contribution in [0.25, 0.3) is 0 Å². The molecule has 61 heavy (non-hydrogen) atoms. The van der Waals surface area contributed by atoms with Gasteiger partial charge in [-0.15, -0.1) is 0 Å². The molecule has 0 aromatic rings. The Labute approximate surface area is 375 Å². The Morgan fingerprint density at radius 1 is 0.492 bits per heavy atom. The van der Waals surface area contributed by atoms with Gasteiger partial charge in [0.2, 0.25) is 0 Å². The normalized spacial score (nSPS) is 13.4. The number of esters is 2. The maximum absolute atomic E-state index is 12.8. The fraction of sp³-hybridized carbons (Fsp3) is 0.755. The highest BCUT2D eigenvalue weighted by molar-refractivity contribution is 5.72. The van der Waals surface area contributed by atoms with Gasteiger partial charge < -0.3 is 23.8 Å². The number of carboxylic acids is 1. The second-order valence-electron chi connectivity index (χ2n) is 17.8. The van der Waals surface area contributed by atoms with Gasteiger partial charge in [0.05, 0.1) is 34.4 Å². The molecule has 1 N–H and O–H groups in total. The van der Waals surface area contributed by atoms with Crippen LogP contribution in [0.1, 0.15) is 206 Å². The molecular formula is C53H94NO7+. The van der Waals surface area contributed by atoms with Crippen LogP contribution in [0, 0.1) is 0 Å². The average Bonchev–Trinajstić information content (AvgIpc) is 3.22. The molecule has 0 bridgehead atoms. The predicted octanol–water partition coefficient (Wildman–Crippen LogP) is 14.1. The van der Waals surface area contributed by atoms with Gasteiger partial charge in [-0.1, -0.05) is 184 Å². The van der Waals surface area contributed by atoms with E-state index in [2.05, 4.69) is 74.6 Å². The Bertz CT molecular complexity index is 1180. The summed E-state index contributed by atoms with van der Waals surface area (Å²) in [4.78, 5) is 37.1. The van der Waals surface area contributed by atoms with Crippen LogP contribution >= 0.6 is 0 Å². The summed E-state index contributed by atoms with van der Waals surface area (Å²) in [5.41, 5.74) is 0. The fourth-order valence-corrected chi connectivity index (χ4v) is 7.08. The third-order valence-corrected chi connectivity index (χ3v) is 11.0. The van der Waals surface area contributed by atoms with Gasteiger partial charge in [0.1, 0.15) is 6.61 Å². The van der Waals surface area contributed by atoms with Crippen molar-refractivity contribution in [2.24, 2.45) is 0 Å². The highest BCUT2D eigenvalue weighted by Crippen LogP contribution is 2.15. The number of aliphatic carboxylic acids is 1. The molecular weight excluding hydrogens is 763 g/mol. The maximum Gasteiger partial charge on any atom is 0.362 e. The molecule has 0 saturated carbocycles. The minimum atomic E-state index is -0.879. The highest BCUT2D eigenvalue weighted by Gasteiger charge is 2.31. The number of allylic oxidation sites excluding steroid dienone is 10. The zero-order valence-electron chi connectivity index (χ0n) is 40.1. The van der Waals surface area contributed by atoms with Gasteiger partial charge in [-0.2, -0.15) is 0 Å². The molecule has 0 aromatic heterocycles. The van der Waals surface area contributed by atoms with Crippen molar-refractivity contribution >= 4 is 17.9 Å². The van der Waals surface area contributed by atoms with Gasteiger partial charge in [0.15, 0.2) is 12.1 Å². The molecule has 0 aliphatic rings. The van der Waals surface area contributed by atoms with E-state index in [1.54, 1.807) is 0 Å². The van der Waals surface area contributed by atoms with Gasteiger partial charge in [-0.25, -0.2) is 4.79 Å². The first kappa shape index (κ1) is 58.0. The molecule has 0 rings (SSSR count). The van der Waals surface area contributed by atoms with Crippen molar-refractivity contribution in [2.75, 3.05) is 41.0 Å². The summed E-state index contributed by atoms with van der Waals surface area (Å²) < 4.78 is 17.3. The second kappa shape index (κ2) is 43.7. The summed E-state index contributed by atoms with van der Waals surface area (Å²) in [6, 6.07) is -0.621. The lowest BCUT2D eigenvalue weighted by Crippen LogP contribution is -2.50. The minimum absolute atomic E-state index is 0.0515. The number of likely N-dealkylation sites (N-methyl/N-ethyl adjacent to an activating group) is 1. The van der Waals surface area contributed by atoms with Gasteiger partial charge in [-0.3, -0.25) is 9.59 Å². The zero-order valence-corrected chi connectivity index (χ0v) is 40.1. The van der Waals surface area contributed by atoms with Crippen LogP contribution in [0.5, 0.6) is 0 Å². The maximum atomic E-state index is 12.8. The molecule has 2 unspecified atom stereocenters. The monoisotopic (exact) mass is 857 g/mol. The number of quaternary nitrogens is 1. The van der Waals surface area contributed by atoms with E-state index in [9.17, 15) is 19.5 Å². The minimum Gasteiger partial charge on any atom is -0.477 e. The number of rotatable bonds is 44. The Morgan fingerprint density at radius 3 is 1.31 bits per heavy atom. The van der Waals surface area contributed by atoms with Crippen molar-refractivity contribution in [3.8, 4) is 0 Å². The number of nitrogens with zero attached hydrogens (tertiary/aromatic N) is 1. The first-order valence-electron chi connectivity index (χ1n) is 24.9. The number of ether oxygens (including phenoxy) is 3. The molecule has 0 aliphatic heterocycles. The van der Waals surface area contributed by atoms with Crippen LogP contribution in [-0.2, 0) is 28.6 Å². The molecule has 0 radical (unpaired) electrons. The molecule has 0 heterocycles. The van der Waals surface area contributed by atoms with E-state index in [1.807, 2.05) is 21.1 Å². The Balaban J connectivity index is 4.32. The highest BCUT2D eigenvalue weighted by atomic mass is 16.6. The van der Waals surface area contributed by atoms with E-state index >= 15 is 0 Å². The Hall–Kier alpha value is -2.97. The molecule has 0 amide bonds. The number of carboxylic acid groups (broad SMARTS) is 1. The lowest BCUT2D eigenvalue weighted by atomic mass is 10.1. The summed E-state index contributed by atoms with van der Waals surface area (Å²) in [5, 5.41) is 9.65. The molecule has 0 aliphatic carbocycles. The van der Waals surface area contributed by atoms with E-state index in [1.165, 1.54) is 109 Å². The summed E-state index contributed by atoms with van der Waals surface area (Å²) in [6.07, 6.45) is 54.0. The van der Waals surface area contributed by atoms with E-state index in [0.717, 1.165) is 64.2 Å². The standard InChI is InChI=1S/C53H93NO7/c1-6-8-10-12-14-16-18-20-22-24-26-28-30-32-34-36-38-40-42-44-52(56)61-49(47-59-46-45-50(53(57)58)54(3,4)5)48-60-51(55)43-41-39-37-35-33-31-29-27-25-23-21-19-17-15-13-11-9-7-2/h14,16,18-21,23,25,27,29,49-50H,6-13,15,17,22,24,26,28,30-48H2,1-5H3/p+1/b16-14+,20-18+,21-19+,25-23+,29-27+. The molecule has 0 aromatic carbocycles. The van der Waals surface area contributed by atoms with Crippen molar-refractivity contribution in [3.63, 3.8) is 0 Å². The molecule has 0 saturated heterocycles. The summed E-state index contributed by atoms with van der Waals surface area (Å²) in [6.45, 7) is 4.68. The van der Waals surface area contributed by atoms with Crippen molar-refractivity contribution < 1.29 is 38.2 Å². The van der Waals surface area contributed by atoms with Crippen molar-refractivity contribution in [2.45, 2.75) is 219 Å². The second-order valence-corrected chi connectivity index (χ2v) is 17.8. The first-order chi connectivity index (χ1) is 29.6. The Kier molecular flexibility index (Phi) is 41.5. The van der Waals surface area contributed by atoms with Crippen LogP contribution in [-0.4, -0.2) is 80.6 Å². The Morgan fingerprint density at radius 2 is 0.869 bits per heavy atom. The molecule has 0 fully saturated rings. The summed E-state index contributed by atoms with van der Waals surface area (Å²) in [7, 11) is 5.52. The smallest absolute Gasteiger partial charge is 0.362 e. The van der Waals surface area contributed by atoms with Gasteiger partial charge in [-0.05, 0) is 64.2 Å². The quantitative estimate of drug-likeness (QED) is 0.0282. The van der Waals surface area contributed by atoms with Crippen molar-refractivity contribution in [1.82, 2.24) is 0 Å². The van der Waals surface area contributed by atoms with Crippen LogP contribution in [0.15, 0.2) is 60.8 Å². The van der Waals surface area contributed by atoms with Crippen LogP contribution in [0.4, 0.5) is 0 Å². The molecule has 8 heteroatoms. The van der Waals surface area contributed by atoms with Crippen molar-refractivity contribution in [3.05, 3.63) is 60.8 Å². The lowest BCUT2D eigenvalue weighted by molar-refractivity contribution is -0.887. The largest absolute Gasteiger partial charge is 0.477 e. The molecule has 352 valence electrons. The summed E-state index contributed by atoms with van der Waals surface area (Å²) >= 11 is 0. The average molecular weight is 857 g/mol. The first-order valence-corrected chi connectivity index (χ1v) is 24.9. The third-order valence-electron chi connectivity index (χ3n) is 11.0. The van der Waals surface area contributed by atoms with E-state index in [0.29, 0.717) is 19.3 Å². The molecule has 2 atom stereocenters. The number of hydrogen-bond acceptors (Lipinski definition) is 6. The van der Waals surface area contributed by atoms with Crippen LogP contribution in [0.3, 0.4) is 0 Å². The molecule has 0 spiro atoms. The van der Waals surface area contributed by atoms with Crippen LogP contribution < -0.4 is 0 Å². The topological polar surface area (TPSA) is 99.1 Å². The number of carbonyl (C=O) groups is 3. The van der Waals surface area contributed by atoms with Gasteiger partial charge >= 0.3 is 17.9 Å². The van der Waals surface area contributed by atoms with E-state index in [-0.39, 0.29) is 36.2 Å². The molecule has 8 nitrogen and oxygen atoms in total. The number of hydrogen-bond donors (Lipinski definition) is 1. The predicted molar refractivity (Wildman–Crippen MR) is 257 cm³/mol. The third kappa shape index (κ3) is 42.1. The van der Waals surface area contributed by atoms with Crippen LogP contribution in [0.2, 0.25) is 0 Å². The van der Waals surface area contributed by atoms with E-state index in [4.69, 9.17) is 14.2 Å².